The van der Waals surface area contributed by atoms with Crippen molar-refractivity contribution in [2.24, 2.45) is 5.92 Å². The first-order chi connectivity index (χ1) is 5.00. The highest BCUT2D eigenvalue weighted by Gasteiger charge is 2.26. The molecule has 11 heavy (non-hydrogen) atoms. The van der Waals surface area contributed by atoms with E-state index in [1.165, 1.54) is 0 Å². The predicted octanol–water partition coefficient (Wildman–Crippen LogP) is 0.255. The van der Waals surface area contributed by atoms with E-state index >= 15 is 0 Å². The maximum absolute atomic E-state index is 10.8. The number of hydrogen-bond acceptors (Lipinski definition) is 3. The summed E-state index contributed by atoms with van der Waals surface area (Å²) in [6.45, 7) is 2.63. The lowest BCUT2D eigenvalue weighted by atomic mass is 9.99. The van der Waals surface area contributed by atoms with Crippen LogP contribution in [0.2, 0.25) is 0 Å². The third-order valence-electron chi connectivity index (χ3n) is 1.37. The first-order valence-electron chi connectivity index (χ1n) is 3.28. The molecule has 0 saturated heterocycles. The van der Waals surface area contributed by atoms with Gasteiger partial charge < -0.3 is 5.11 Å². The summed E-state index contributed by atoms with van der Waals surface area (Å²) >= 11 is 0. The van der Waals surface area contributed by atoms with Gasteiger partial charge in [0, 0.05) is 6.92 Å². The zero-order chi connectivity index (χ0) is 9.02. The Bertz CT molecular complexity index is 195. The van der Waals surface area contributed by atoms with E-state index in [0.717, 1.165) is 6.92 Å². The van der Waals surface area contributed by atoms with Gasteiger partial charge >= 0.3 is 5.97 Å². The molecule has 0 spiro atoms. The van der Waals surface area contributed by atoms with Crippen LogP contribution in [-0.4, -0.2) is 22.6 Å². The van der Waals surface area contributed by atoms with Crippen LogP contribution >= 0.6 is 0 Å². The van der Waals surface area contributed by atoms with Gasteiger partial charge in [-0.05, 0) is 6.42 Å². The number of carbonyl (C=O) groups excluding carboxylic acids is 2. The zero-order valence-electron chi connectivity index (χ0n) is 6.46. The third-order valence-corrected chi connectivity index (χ3v) is 1.37. The van der Waals surface area contributed by atoms with Crippen molar-refractivity contribution in [3.8, 4) is 0 Å². The fourth-order valence-corrected chi connectivity index (χ4v) is 0.718. The Labute approximate surface area is 64.2 Å². The number of carboxylic acid groups (broad SMARTS) is 1. The Morgan fingerprint density at radius 1 is 1.36 bits per heavy atom. The summed E-state index contributed by atoms with van der Waals surface area (Å²) < 4.78 is 0. The van der Waals surface area contributed by atoms with Crippen molar-refractivity contribution in [2.75, 3.05) is 0 Å². The number of carboxylic acids is 1. The number of Topliss-reactive ketones (excluding diaryl/α,β-unsaturated/α-hetero) is 2. The first-order valence-corrected chi connectivity index (χ1v) is 3.28. The van der Waals surface area contributed by atoms with Crippen molar-refractivity contribution in [1.29, 1.82) is 0 Å². The van der Waals surface area contributed by atoms with E-state index in [9.17, 15) is 14.4 Å². The molecular formula is C7H10O4. The lowest BCUT2D eigenvalue weighted by Gasteiger charge is -2.03. The molecule has 0 aliphatic heterocycles. The fraction of sp³-hybridized carbons (Fsp3) is 0.571. The van der Waals surface area contributed by atoms with E-state index in [1.807, 2.05) is 0 Å². The van der Waals surface area contributed by atoms with Gasteiger partial charge in [0.1, 0.15) is 5.92 Å². The smallest absolute Gasteiger partial charge is 0.314 e. The fourth-order valence-electron chi connectivity index (χ4n) is 0.718. The SMILES string of the molecule is CCC(C(=O)O)C(=O)C(C)=O. The Balaban J connectivity index is 4.39. The van der Waals surface area contributed by atoms with E-state index in [0.29, 0.717) is 0 Å². The molecule has 0 rings (SSSR count). The third kappa shape index (κ3) is 2.49. The van der Waals surface area contributed by atoms with Crippen LogP contribution in [0, 0.1) is 5.92 Å². The van der Waals surface area contributed by atoms with Gasteiger partial charge in [-0.1, -0.05) is 6.92 Å². The van der Waals surface area contributed by atoms with Gasteiger partial charge in [-0.15, -0.1) is 0 Å². The van der Waals surface area contributed by atoms with Crippen molar-refractivity contribution in [2.45, 2.75) is 20.3 Å². The van der Waals surface area contributed by atoms with Crippen LogP contribution in [0.4, 0.5) is 0 Å². The summed E-state index contributed by atoms with van der Waals surface area (Å²) in [5.74, 6) is -3.90. The van der Waals surface area contributed by atoms with Gasteiger partial charge in [0.15, 0.2) is 5.78 Å². The maximum atomic E-state index is 10.8. The number of rotatable bonds is 4. The topological polar surface area (TPSA) is 71.4 Å². The van der Waals surface area contributed by atoms with Crippen LogP contribution in [-0.2, 0) is 14.4 Å². The average molecular weight is 158 g/mol. The summed E-state index contributed by atoms with van der Waals surface area (Å²) in [6.07, 6.45) is 0.160. The van der Waals surface area contributed by atoms with Crippen molar-refractivity contribution in [1.82, 2.24) is 0 Å². The van der Waals surface area contributed by atoms with Crippen molar-refractivity contribution >= 4 is 17.5 Å². The lowest BCUT2D eigenvalue weighted by molar-refractivity contribution is -0.150. The monoisotopic (exact) mass is 158 g/mol. The van der Waals surface area contributed by atoms with E-state index in [2.05, 4.69) is 0 Å². The molecule has 1 unspecified atom stereocenters. The molecule has 0 saturated carbocycles. The van der Waals surface area contributed by atoms with Crippen molar-refractivity contribution in [3.05, 3.63) is 0 Å². The molecule has 4 nitrogen and oxygen atoms in total. The van der Waals surface area contributed by atoms with E-state index in [4.69, 9.17) is 5.11 Å². The molecule has 0 amide bonds. The van der Waals surface area contributed by atoms with Crippen LogP contribution in [0.25, 0.3) is 0 Å². The van der Waals surface area contributed by atoms with Crippen LogP contribution in [0.3, 0.4) is 0 Å². The van der Waals surface area contributed by atoms with Gasteiger partial charge in [0.2, 0.25) is 5.78 Å². The molecule has 1 N–H and O–H groups in total. The molecule has 62 valence electrons. The highest BCUT2D eigenvalue weighted by molar-refractivity contribution is 6.40. The van der Waals surface area contributed by atoms with Crippen LogP contribution in [0.15, 0.2) is 0 Å². The Hall–Kier alpha value is -1.19. The maximum Gasteiger partial charge on any atom is 0.314 e. The minimum Gasteiger partial charge on any atom is -0.481 e. The standard InChI is InChI=1S/C7H10O4/c1-3-5(7(10)11)6(9)4(2)8/h5H,3H2,1-2H3,(H,10,11). The molecule has 0 aliphatic rings. The molecule has 4 heteroatoms. The van der Waals surface area contributed by atoms with E-state index < -0.39 is 23.5 Å². The highest BCUT2D eigenvalue weighted by atomic mass is 16.4. The summed E-state index contributed by atoms with van der Waals surface area (Å²) in [5.41, 5.74) is 0. The molecule has 0 aromatic carbocycles. The lowest BCUT2D eigenvalue weighted by Crippen LogP contribution is -2.27. The average Bonchev–Trinajstić information content (AvgIpc) is 1.88. The Kier molecular flexibility index (Phi) is 3.44. The quantitative estimate of drug-likeness (QED) is 0.470. The Morgan fingerprint density at radius 2 is 1.82 bits per heavy atom. The molecule has 0 aromatic rings. The highest BCUT2D eigenvalue weighted by Crippen LogP contribution is 2.04. The van der Waals surface area contributed by atoms with Crippen LogP contribution in [0.5, 0.6) is 0 Å². The molecule has 0 fully saturated rings. The second-order valence-corrected chi connectivity index (χ2v) is 2.22. The number of ketones is 2. The summed E-state index contributed by atoms with van der Waals surface area (Å²) in [7, 11) is 0. The summed E-state index contributed by atoms with van der Waals surface area (Å²) in [5, 5.41) is 8.42. The van der Waals surface area contributed by atoms with Crippen LogP contribution < -0.4 is 0 Å². The molecule has 1 atom stereocenters. The largest absolute Gasteiger partial charge is 0.481 e. The molecule has 0 aliphatic carbocycles. The van der Waals surface area contributed by atoms with E-state index in [-0.39, 0.29) is 6.42 Å². The Morgan fingerprint density at radius 3 is 1.91 bits per heavy atom. The van der Waals surface area contributed by atoms with Gasteiger partial charge in [-0.3, -0.25) is 14.4 Å². The van der Waals surface area contributed by atoms with Crippen molar-refractivity contribution < 1.29 is 19.5 Å². The number of aliphatic carboxylic acids is 1. The van der Waals surface area contributed by atoms with Gasteiger partial charge in [0.25, 0.3) is 0 Å². The first kappa shape index (κ1) is 9.81. The second kappa shape index (κ2) is 3.85. The number of hydrogen-bond donors (Lipinski definition) is 1. The van der Waals surface area contributed by atoms with Crippen molar-refractivity contribution in [3.63, 3.8) is 0 Å². The predicted molar refractivity (Wildman–Crippen MR) is 37.1 cm³/mol. The van der Waals surface area contributed by atoms with Gasteiger partial charge in [-0.2, -0.15) is 0 Å². The van der Waals surface area contributed by atoms with Gasteiger partial charge in [0.05, 0.1) is 0 Å². The van der Waals surface area contributed by atoms with Crippen LogP contribution in [0.1, 0.15) is 20.3 Å². The molecule has 0 bridgehead atoms. The molecule has 0 aromatic heterocycles. The minimum absolute atomic E-state index is 0.160. The molecular weight excluding hydrogens is 148 g/mol. The molecule has 0 radical (unpaired) electrons. The minimum atomic E-state index is -1.23. The second-order valence-electron chi connectivity index (χ2n) is 2.22. The summed E-state index contributed by atoms with van der Waals surface area (Å²) in [4.78, 5) is 31.5. The number of carbonyl (C=O) groups is 3. The van der Waals surface area contributed by atoms with Gasteiger partial charge in [-0.25, -0.2) is 0 Å². The summed E-state index contributed by atoms with van der Waals surface area (Å²) in [6, 6.07) is 0. The molecule has 0 heterocycles. The van der Waals surface area contributed by atoms with E-state index in [1.54, 1.807) is 6.92 Å². The normalized spacial score (nSPS) is 12.2. The zero-order valence-corrected chi connectivity index (χ0v) is 6.46.